The van der Waals surface area contributed by atoms with Gasteiger partial charge in [0.05, 0.1) is 6.04 Å². The molecule has 3 atom stereocenters. The molecule has 0 spiro atoms. The van der Waals surface area contributed by atoms with Crippen molar-refractivity contribution in [2.24, 2.45) is 0 Å². The Morgan fingerprint density at radius 2 is 2.10 bits per heavy atom. The van der Waals surface area contributed by atoms with Gasteiger partial charge in [-0.2, -0.15) is 0 Å². The summed E-state index contributed by atoms with van der Waals surface area (Å²) < 4.78 is 0. The molecular weight excluding hydrogens is 250 g/mol. The second-order valence-electron chi connectivity index (χ2n) is 6.11. The topological polar surface area (TPSA) is 44.4 Å². The van der Waals surface area contributed by atoms with Gasteiger partial charge in [-0.25, -0.2) is 0 Å². The number of likely N-dealkylation sites (N-methyl/N-ethyl adjacent to an activating group) is 1. The minimum Gasteiger partial charge on any atom is -0.352 e. The maximum absolute atomic E-state index is 12.3. The monoisotopic (exact) mass is 283 g/mol. The number of piperidine rings is 1. The first kappa shape index (κ1) is 17.4. The molecule has 3 unspecified atom stereocenters. The van der Waals surface area contributed by atoms with Gasteiger partial charge in [-0.3, -0.25) is 9.69 Å². The van der Waals surface area contributed by atoms with E-state index in [1.807, 2.05) is 6.92 Å². The minimum absolute atomic E-state index is 0.0389. The molecule has 1 heterocycles. The summed E-state index contributed by atoms with van der Waals surface area (Å²) in [6.07, 6.45) is 5.99. The highest BCUT2D eigenvalue weighted by molar-refractivity contribution is 5.81. The summed E-state index contributed by atoms with van der Waals surface area (Å²) in [5.41, 5.74) is 0. The van der Waals surface area contributed by atoms with Crippen LogP contribution in [0.15, 0.2) is 0 Å². The van der Waals surface area contributed by atoms with Crippen molar-refractivity contribution < 1.29 is 4.79 Å². The Hall–Kier alpha value is -0.610. The molecule has 0 aromatic heterocycles. The van der Waals surface area contributed by atoms with Crippen LogP contribution in [0.1, 0.15) is 59.8 Å². The number of amides is 1. The molecule has 0 bridgehead atoms. The summed E-state index contributed by atoms with van der Waals surface area (Å²) >= 11 is 0. The quantitative estimate of drug-likeness (QED) is 0.717. The molecule has 0 aliphatic carbocycles. The molecule has 1 amide bonds. The number of rotatable bonds is 8. The number of nitrogens with one attached hydrogen (secondary N) is 2. The van der Waals surface area contributed by atoms with Gasteiger partial charge in [-0.1, -0.05) is 26.7 Å². The molecule has 0 aromatic carbocycles. The van der Waals surface area contributed by atoms with Crippen molar-refractivity contribution in [1.82, 2.24) is 15.5 Å². The lowest BCUT2D eigenvalue weighted by Crippen LogP contribution is -2.52. The average Bonchev–Trinajstić information content (AvgIpc) is 2.45. The number of carbonyl (C=O) groups is 1. The fraction of sp³-hybridized carbons (Fsp3) is 0.938. The van der Waals surface area contributed by atoms with E-state index in [2.05, 4.69) is 36.3 Å². The number of nitrogens with zero attached hydrogens (tertiary/aromatic N) is 1. The van der Waals surface area contributed by atoms with Crippen LogP contribution in [0.3, 0.4) is 0 Å². The van der Waals surface area contributed by atoms with Crippen molar-refractivity contribution in [2.75, 3.05) is 19.6 Å². The van der Waals surface area contributed by atoms with E-state index in [0.29, 0.717) is 6.04 Å². The van der Waals surface area contributed by atoms with E-state index in [4.69, 9.17) is 0 Å². The van der Waals surface area contributed by atoms with Crippen molar-refractivity contribution in [3.8, 4) is 0 Å². The van der Waals surface area contributed by atoms with Gasteiger partial charge in [0.25, 0.3) is 0 Å². The SMILES string of the molecule is CCCC(C)NC(=O)C(C)N(CC)CC1CCCCN1. The van der Waals surface area contributed by atoms with E-state index in [-0.39, 0.29) is 18.0 Å². The Morgan fingerprint density at radius 3 is 2.65 bits per heavy atom. The van der Waals surface area contributed by atoms with Crippen molar-refractivity contribution >= 4 is 5.91 Å². The summed E-state index contributed by atoms with van der Waals surface area (Å²) in [7, 11) is 0. The van der Waals surface area contributed by atoms with Crippen LogP contribution >= 0.6 is 0 Å². The van der Waals surface area contributed by atoms with Crippen LogP contribution in [-0.2, 0) is 4.79 Å². The highest BCUT2D eigenvalue weighted by Gasteiger charge is 2.24. The van der Waals surface area contributed by atoms with Gasteiger partial charge < -0.3 is 10.6 Å². The molecule has 2 N–H and O–H groups in total. The van der Waals surface area contributed by atoms with Gasteiger partial charge in [-0.05, 0) is 46.2 Å². The molecular formula is C16H33N3O. The molecule has 0 radical (unpaired) electrons. The van der Waals surface area contributed by atoms with Gasteiger partial charge in [-0.15, -0.1) is 0 Å². The smallest absolute Gasteiger partial charge is 0.237 e. The van der Waals surface area contributed by atoms with Crippen molar-refractivity contribution in [2.45, 2.75) is 77.9 Å². The predicted molar refractivity (Wildman–Crippen MR) is 84.9 cm³/mol. The Bertz CT molecular complexity index is 277. The summed E-state index contributed by atoms with van der Waals surface area (Å²) in [6, 6.07) is 0.788. The van der Waals surface area contributed by atoms with Gasteiger partial charge >= 0.3 is 0 Å². The number of carbonyl (C=O) groups excluding carboxylic acids is 1. The van der Waals surface area contributed by atoms with Crippen molar-refractivity contribution in [3.05, 3.63) is 0 Å². The van der Waals surface area contributed by atoms with Crippen LogP contribution < -0.4 is 10.6 Å². The molecule has 4 nitrogen and oxygen atoms in total. The molecule has 118 valence electrons. The van der Waals surface area contributed by atoms with Crippen LogP contribution in [0.5, 0.6) is 0 Å². The second-order valence-corrected chi connectivity index (χ2v) is 6.11. The van der Waals surface area contributed by atoms with Crippen molar-refractivity contribution in [1.29, 1.82) is 0 Å². The van der Waals surface area contributed by atoms with Crippen LogP contribution in [0, 0.1) is 0 Å². The maximum Gasteiger partial charge on any atom is 0.237 e. The van der Waals surface area contributed by atoms with E-state index in [1.165, 1.54) is 19.3 Å². The molecule has 1 aliphatic rings. The van der Waals surface area contributed by atoms with E-state index < -0.39 is 0 Å². The van der Waals surface area contributed by atoms with Gasteiger partial charge in [0.2, 0.25) is 5.91 Å². The Balaban J connectivity index is 2.43. The molecule has 1 aliphatic heterocycles. The molecule has 1 saturated heterocycles. The van der Waals surface area contributed by atoms with E-state index in [9.17, 15) is 4.79 Å². The van der Waals surface area contributed by atoms with Gasteiger partial charge in [0.1, 0.15) is 0 Å². The molecule has 4 heteroatoms. The third-order valence-corrected chi connectivity index (χ3v) is 4.31. The van der Waals surface area contributed by atoms with Gasteiger partial charge in [0.15, 0.2) is 0 Å². The molecule has 1 rings (SSSR count). The first-order valence-corrected chi connectivity index (χ1v) is 8.36. The molecule has 0 aromatic rings. The summed E-state index contributed by atoms with van der Waals surface area (Å²) in [5, 5.41) is 6.70. The Labute approximate surface area is 124 Å². The van der Waals surface area contributed by atoms with Crippen LogP contribution in [-0.4, -0.2) is 48.6 Å². The first-order chi connectivity index (χ1) is 9.58. The van der Waals surface area contributed by atoms with E-state index in [0.717, 1.165) is 32.5 Å². The highest BCUT2D eigenvalue weighted by atomic mass is 16.2. The Kier molecular flexibility index (Phi) is 8.15. The zero-order valence-electron chi connectivity index (χ0n) is 13.7. The van der Waals surface area contributed by atoms with Crippen molar-refractivity contribution in [3.63, 3.8) is 0 Å². The normalized spacial score (nSPS) is 22.6. The molecule has 1 fully saturated rings. The third-order valence-electron chi connectivity index (χ3n) is 4.31. The maximum atomic E-state index is 12.3. The standard InChI is InChI=1S/C16H33N3O/c1-5-9-13(3)18-16(20)14(4)19(6-2)12-15-10-7-8-11-17-15/h13-15,17H,5-12H2,1-4H3,(H,18,20). The lowest BCUT2D eigenvalue weighted by molar-refractivity contribution is -0.126. The molecule has 0 saturated carbocycles. The zero-order valence-corrected chi connectivity index (χ0v) is 13.7. The first-order valence-electron chi connectivity index (χ1n) is 8.36. The summed E-state index contributed by atoms with van der Waals surface area (Å²) in [5.74, 6) is 0.170. The van der Waals surface area contributed by atoms with Crippen LogP contribution in [0.2, 0.25) is 0 Å². The van der Waals surface area contributed by atoms with Gasteiger partial charge in [0, 0.05) is 18.6 Å². The number of hydrogen-bond acceptors (Lipinski definition) is 3. The van der Waals surface area contributed by atoms with E-state index in [1.54, 1.807) is 0 Å². The third kappa shape index (κ3) is 5.80. The fourth-order valence-corrected chi connectivity index (χ4v) is 2.96. The largest absolute Gasteiger partial charge is 0.352 e. The predicted octanol–water partition coefficient (Wildman–Crippen LogP) is 2.14. The Morgan fingerprint density at radius 1 is 1.35 bits per heavy atom. The average molecular weight is 283 g/mol. The minimum atomic E-state index is -0.0389. The van der Waals surface area contributed by atoms with Crippen LogP contribution in [0.4, 0.5) is 0 Å². The lowest BCUT2D eigenvalue weighted by atomic mass is 10.0. The van der Waals surface area contributed by atoms with E-state index >= 15 is 0 Å². The highest BCUT2D eigenvalue weighted by Crippen LogP contribution is 2.10. The second kappa shape index (κ2) is 9.35. The lowest BCUT2D eigenvalue weighted by Gasteiger charge is -2.33. The summed E-state index contributed by atoms with van der Waals surface area (Å²) in [4.78, 5) is 14.6. The molecule has 20 heavy (non-hydrogen) atoms. The zero-order chi connectivity index (χ0) is 15.0. The fourth-order valence-electron chi connectivity index (χ4n) is 2.96. The number of hydrogen-bond donors (Lipinski definition) is 2. The van der Waals surface area contributed by atoms with Crippen LogP contribution in [0.25, 0.3) is 0 Å². The summed E-state index contributed by atoms with van der Waals surface area (Å²) in [6.45, 7) is 11.4.